The van der Waals surface area contributed by atoms with Crippen LogP contribution in [0.15, 0.2) is 116 Å². The summed E-state index contributed by atoms with van der Waals surface area (Å²) in [5.74, 6) is -0.925. The van der Waals surface area contributed by atoms with Crippen LogP contribution in [0.5, 0.6) is 0 Å². The molecule has 0 saturated heterocycles. The Bertz CT molecular complexity index is 3500. The van der Waals surface area contributed by atoms with E-state index in [0.717, 1.165) is 55.0 Å². The van der Waals surface area contributed by atoms with E-state index in [0.29, 0.717) is 0 Å². The third-order valence-electron chi connectivity index (χ3n) is 11.7. The standard InChI is InChI=1S/C19H12N2O2.2C16H16N2.2F6P.Os/c22-19(23)13-7-5-12(6-8-13)16-11-14-3-1-9-20-17(14)18-15(16)4-2-10-21-18;2*1-9-7-17-15-13(11(9)3)5-6-14-12(4)10(2)8-18-16(14)15;2*1-7(2,3,4,5)6;/h1-11H,(H,22,23);2*5-8H,1-4H3;;;/q;;;2*-1;+2. The van der Waals surface area contributed by atoms with Crippen LogP contribution in [-0.2, 0) is 19.8 Å². The van der Waals surface area contributed by atoms with E-state index in [1.165, 1.54) is 66.1 Å². The van der Waals surface area contributed by atoms with Crippen molar-refractivity contribution in [2.45, 2.75) is 55.4 Å². The molecule has 10 aromatic rings. The van der Waals surface area contributed by atoms with Gasteiger partial charge in [-0.3, -0.25) is 29.9 Å². The Morgan fingerprint density at radius 1 is 0.405 bits per heavy atom. The number of hydrogen-bond acceptors (Lipinski definition) is 7. The van der Waals surface area contributed by atoms with Gasteiger partial charge in [-0.2, -0.15) is 0 Å². The number of hydrogen-bond donors (Lipinski definition) is 1. The fraction of sp³-hybridized carbons (Fsp3) is 0.157. The number of nitrogens with zero attached hydrogens (tertiary/aromatic N) is 6. The molecular formula is C51H44F12N6O2OsP2. The van der Waals surface area contributed by atoms with Crippen LogP contribution in [0.3, 0.4) is 0 Å². The minimum absolute atomic E-state index is 0. The molecule has 4 aromatic carbocycles. The maximum absolute atomic E-state index is 11.0. The van der Waals surface area contributed by atoms with Crippen molar-refractivity contribution in [3.05, 3.63) is 166 Å². The average molecular weight is 1250 g/mol. The van der Waals surface area contributed by atoms with Crippen LogP contribution in [0.1, 0.15) is 54.9 Å². The van der Waals surface area contributed by atoms with E-state index in [2.05, 4.69) is 116 Å². The number of carboxylic acid groups (broad SMARTS) is 1. The molecule has 6 heterocycles. The molecule has 392 valence electrons. The normalized spacial score (nSPS) is 13.3. The van der Waals surface area contributed by atoms with Gasteiger partial charge in [0.25, 0.3) is 0 Å². The molecule has 0 unspecified atom stereocenters. The predicted octanol–water partition coefficient (Wildman–Crippen LogP) is 18.9. The predicted molar refractivity (Wildman–Crippen MR) is 269 cm³/mol. The number of aryl methyl sites for hydroxylation is 8. The van der Waals surface area contributed by atoms with Crippen molar-refractivity contribution in [3.8, 4) is 11.1 Å². The van der Waals surface area contributed by atoms with Gasteiger partial charge in [0.1, 0.15) is 0 Å². The molecule has 8 nitrogen and oxygen atoms in total. The number of halogens is 12. The number of carbonyl (C=O) groups is 1. The molecule has 1 N–H and O–H groups in total. The minimum Gasteiger partial charge on any atom is -0.478 e. The van der Waals surface area contributed by atoms with Crippen molar-refractivity contribution >= 4 is 87.0 Å². The van der Waals surface area contributed by atoms with E-state index >= 15 is 0 Å². The maximum Gasteiger partial charge on any atom is 2.00 e. The summed E-state index contributed by atoms with van der Waals surface area (Å²) in [5, 5.41) is 15.9. The van der Waals surface area contributed by atoms with Crippen LogP contribution in [0, 0.1) is 55.4 Å². The molecule has 0 bridgehead atoms. The first-order chi connectivity index (χ1) is 33.3. The van der Waals surface area contributed by atoms with E-state index in [1.807, 2.05) is 61.2 Å². The zero-order valence-electron chi connectivity index (χ0n) is 40.3. The van der Waals surface area contributed by atoms with Gasteiger partial charge < -0.3 is 5.11 Å². The maximum atomic E-state index is 11.0. The molecule has 6 aromatic heterocycles. The van der Waals surface area contributed by atoms with Crippen LogP contribution in [0.4, 0.5) is 50.4 Å². The molecule has 0 aliphatic rings. The van der Waals surface area contributed by atoms with Crippen LogP contribution >= 0.6 is 15.6 Å². The molecular weight excluding hydrogens is 1210 g/mol. The Morgan fingerprint density at radius 3 is 1.03 bits per heavy atom. The van der Waals surface area contributed by atoms with Crippen LogP contribution in [-0.4, -0.2) is 41.0 Å². The smallest absolute Gasteiger partial charge is 0.478 e. The van der Waals surface area contributed by atoms with Gasteiger partial charge in [0.2, 0.25) is 0 Å². The summed E-state index contributed by atoms with van der Waals surface area (Å²) in [5.41, 5.74) is 18.1. The number of aromatic nitrogens is 6. The Balaban J connectivity index is 0.000000182. The van der Waals surface area contributed by atoms with Gasteiger partial charge in [0.05, 0.1) is 38.7 Å². The molecule has 0 aliphatic carbocycles. The van der Waals surface area contributed by atoms with Gasteiger partial charge in [-0.05, 0) is 141 Å². The van der Waals surface area contributed by atoms with Crippen LogP contribution in [0.25, 0.3) is 76.5 Å². The monoisotopic (exact) mass is 1250 g/mol. The second-order valence-corrected chi connectivity index (χ2v) is 21.0. The Labute approximate surface area is 427 Å². The van der Waals surface area contributed by atoms with E-state index < -0.39 is 21.6 Å². The van der Waals surface area contributed by atoms with E-state index in [4.69, 9.17) is 5.11 Å². The molecule has 0 radical (unpaired) electrons. The first-order valence-electron chi connectivity index (χ1n) is 21.6. The van der Waals surface area contributed by atoms with Crippen molar-refractivity contribution in [2.75, 3.05) is 0 Å². The van der Waals surface area contributed by atoms with Crippen molar-refractivity contribution in [1.82, 2.24) is 29.9 Å². The Hall–Kier alpha value is -6.53. The molecule has 0 amide bonds. The van der Waals surface area contributed by atoms with Gasteiger partial charge in [0, 0.05) is 69.5 Å². The summed E-state index contributed by atoms with van der Waals surface area (Å²) in [6.45, 7) is 17.0. The molecule has 23 heteroatoms. The fourth-order valence-corrected chi connectivity index (χ4v) is 7.58. The molecule has 0 aliphatic heterocycles. The second kappa shape index (κ2) is 19.6. The van der Waals surface area contributed by atoms with Crippen molar-refractivity contribution in [2.24, 2.45) is 0 Å². The quantitative estimate of drug-likeness (QED) is 0.103. The number of rotatable bonds is 2. The fourth-order valence-electron chi connectivity index (χ4n) is 7.58. The number of aromatic carboxylic acids is 1. The Kier molecular flexibility index (Phi) is 15.5. The summed E-state index contributed by atoms with van der Waals surface area (Å²) >= 11 is 0. The Morgan fingerprint density at radius 2 is 0.703 bits per heavy atom. The van der Waals surface area contributed by atoms with Crippen molar-refractivity contribution < 1.29 is 80.1 Å². The largest absolute Gasteiger partial charge is 2.00 e. The van der Waals surface area contributed by atoms with Gasteiger partial charge in [-0.1, -0.05) is 48.5 Å². The van der Waals surface area contributed by atoms with Gasteiger partial charge in [0.15, 0.2) is 0 Å². The summed E-state index contributed by atoms with van der Waals surface area (Å²) < 4.78 is 118. The van der Waals surface area contributed by atoms with Gasteiger partial charge in [-0.25, -0.2) is 4.79 Å². The van der Waals surface area contributed by atoms with Gasteiger partial charge >= 0.3 is 91.7 Å². The van der Waals surface area contributed by atoms with E-state index in [1.54, 1.807) is 24.5 Å². The van der Waals surface area contributed by atoms with Gasteiger partial charge in [-0.15, -0.1) is 0 Å². The van der Waals surface area contributed by atoms with E-state index in [9.17, 15) is 55.2 Å². The summed E-state index contributed by atoms with van der Waals surface area (Å²) in [4.78, 5) is 38.3. The molecule has 0 atom stereocenters. The summed E-state index contributed by atoms with van der Waals surface area (Å²) in [6, 6.07) is 25.4. The number of benzene rings is 4. The number of fused-ring (bicyclic) bond motifs is 9. The topological polar surface area (TPSA) is 115 Å². The van der Waals surface area contributed by atoms with Crippen molar-refractivity contribution in [3.63, 3.8) is 0 Å². The average Bonchev–Trinajstić information content (AvgIpc) is 3.29. The first kappa shape index (κ1) is 58.4. The first-order valence-corrected chi connectivity index (χ1v) is 25.7. The molecule has 0 fully saturated rings. The zero-order valence-corrected chi connectivity index (χ0v) is 44.6. The van der Waals surface area contributed by atoms with Crippen LogP contribution < -0.4 is 0 Å². The molecule has 10 rings (SSSR count). The summed E-state index contributed by atoms with van der Waals surface area (Å²) in [6.07, 6.45) is 11.3. The third kappa shape index (κ3) is 15.7. The van der Waals surface area contributed by atoms with Crippen molar-refractivity contribution in [1.29, 1.82) is 0 Å². The number of pyridine rings is 6. The molecule has 0 saturated carbocycles. The zero-order chi connectivity index (χ0) is 54.4. The van der Waals surface area contributed by atoms with E-state index in [-0.39, 0.29) is 25.4 Å². The van der Waals surface area contributed by atoms with Crippen LogP contribution in [0.2, 0.25) is 0 Å². The molecule has 0 spiro atoms. The third-order valence-corrected chi connectivity index (χ3v) is 11.7. The summed E-state index contributed by atoms with van der Waals surface area (Å²) in [7, 11) is -21.3. The molecule has 74 heavy (non-hydrogen) atoms. The second-order valence-electron chi connectivity index (χ2n) is 17.2. The SMILES string of the molecule is Cc1cnc2c(ccc3c(C)c(C)cnc32)c1C.Cc1cnc2c(ccc3c(C)c(C)cnc32)c1C.F[P-](F)(F)(F)(F)F.F[P-](F)(F)(F)(F)F.O=C(O)c1ccc(-c2cc3cccnc3c3ncccc23)cc1.[Os+2]. The number of carboxylic acids is 1. The minimum atomic E-state index is -10.7.